The summed E-state index contributed by atoms with van der Waals surface area (Å²) in [6.45, 7) is 2.01. The molecule has 1 aromatic rings. The average molecular weight is 279 g/mol. The van der Waals surface area contributed by atoms with E-state index in [0.29, 0.717) is 6.29 Å². The maximum atomic E-state index is 11.0. The van der Waals surface area contributed by atoms with E-state index in [9.17, 15) is 19.7 Å². The highest BCUT2D eigenvalue weighted by atomic mass is 16.6. The van der Waals surface area contributed by atoms with Crippen LogP contribution >= 0.6 is 0 Å². The average Bonchev–Trinajstić information content (AvgIpc) is 2.43. The van der Waals surface area contributed by atoms with Gasteiger partial charge in [-0.05, 0) is 19.1 Å². The Morgan fingerprint density at radius 3 is 2.80 bits per heavy atom. The minimum Gasteiger partial charge on any atom is -0.489 e. The molecule has 0 aliphatic heterocycles. The second-order valence-electron chi connectivity index (χ2n) is 3.56. The molecule has 0 amide bonds. The SMILES string of the molecule is CCOC(=O)/C=C/COc1ccc([N+](=O)[O-])cc1C=O. The first-order chi connectivity index (χ1) is 9.58. The summed E-state index contributed by atoms with van der Waals surface area (Å²) in [5.41, 5.74) is -0.120. The van der Waals surface area contributed by atoms with E-state index in [4.69, 9.17) is 4.74 Å². The molecule has 0 aliphatic carbocycles. The smallest absolute Gasteiger partial charge is 0.330 e. The molecule has 20 heavy (non-hydrogen) atoms. The van der Waals surface area contributed by atoms with Gasteiger partial charge in [-0.3, -0.25) is 14.9 Å². The van der Waals surface area contributed by atoms with Crippen molar-refractivity contribution in [1.29, 1.82) is 0 Å². The van der Waals surface area contributed by atoms with Gasteiger partial charge in [0.25, 0.3) is 5.69 Å². The van der Waals surface area contributed by atoms with Crippen molar-refractivity contribution >= 4 is 17.9 Å². The predicted molar refractivity (Wildman–Crippen MR) is 69.8 cm³/mol. The Kier molecular flexibility index (Phi) is 5.89. The maximum Gasteiger partial charge on any atom is 0.330 e. The van der Waals surface area contributed by atoms with Crippen LogP contribution in [0.15, 0.2) is 30.4 Å². The quantitative estimate of drug-likeness (QED) is 0.249. The van der Waals surface area contributed by atoms with Crippen LogP contribution in [0.4, 0.5) is 5.69 Å². The zero-order chi connectivity index (χ0) is 15.0. The Labute approximate surface area is 114 Å². The third-order valence-electron chi connectivity index (χ3n) is 2.21. The third-order valence-corrected chi connectivity index (χ3v) is 2.21. The molecule has 0 saturated heterocycles. The van der Waals surface area contributed by atoms with Crippen molar-refractivity contribution in [2.24, 2.45) is 0 Å². The molecule has 0 aliphatic rings. The van der Waals surface area contributed by atoms with E-state index in [0.717, 1.165) is 6.07 Å². The minimum absolute atomic E-state index is 0.0392. The molecular weight excluding hydrogens is 266 g/mol. The molecular formula is C13H13NO6. The number of rotatable bonds is 7. The number of benzene rings is 1. The number of ether oxygens (including phenoxy) is 2. The topological polar surface area (TPSA) is 95.7 Å². The van der Waals surface area contributed by atoms with E-state index >= 15 is 0 Å². The van der Waals surface area contributed by atoms with Gasteiger partial charge in [0.05, 0.1) is 17.1 Å². The largest absolute Gasteiger partial charge is 0.489 e. The lowest BCUT2D eigenvalue weighted by Crippen LogP contribution is -2.02. The summed E-state index contributed by atoms with van der Waals surface area (Å²) in [6, 6.07) is 3.69. The Morgan fingerprint density at radius 2 is 2.20 bits per heavy atom. The van der Waals surface area contributed by atoms with Crippen molar-refractivity contribution in [2.75, 3.05) is 13.2 Å². The van der Waals surface area contributed by atoms with E-state index in [1.54, 1.807) is 6.92 Å². The van der Waals surface area contributed by atoms with Crippen LogP contribution in [0.25, 0.3) is 0 Å². The van der Waals surface area contributed by atoms with Gasteiger partial charge in [-0.25, -0.2) is 4.79 Å². The van der Waals surface area contributed by atoms with Gasteiger partial charge in [0.15, 0.2) is 6.29 Å². The van der Waals surface area contributed by atoms with Crippen molar-refractivity contribution in [3.8, 4) is 5.75 Å². The molecule has 0 bridgehead atoms. The van der Waals surface area contributed by atoms with Crippen LogP contribution in [-0.2, 0) is 9.53 Å². The van der Waals surface area contributed by atoms with Crippen LogP contribution in [0.5, 0.6) is 5.75 Å². The Hall–Kier alpha value is -2.70. The maximum absolute atomic E-state index is 11.0. The van der Waals surface area contributed by atoms with E-state index in [2.05, 4.69) is 4.74 Å². The highest BCUT2D eigenvalue weighted by Crippen LogP contribution is 2.22. The molecule has 0 saturated carbocycles. The number of aldehydes is 1. The summed E-state index contributed by atoms with van der Waals surface area (Å²) in [5, 5.41) is 10.6. The number of nitro groups is 1. The van der Waals surface area contributed by atoms with E-state index in [1.807, 2.05) is 0 Å². The monoisotopic (exact) mass is 279 g/mol. The predicted octanol–water partition coefficient (Wildman–Crippen LogP) is 1.91. The molecule has 0 spiro atoms. The van der Waals surface area contributed by atoms with Crippen molar-refractivity contribution in [2.45, 2.75) is 6.92 Å². The van der Waals surface area contributed by atoms with Gasteiger partial charge in [-0.1, -0.05) is 0 Å². The zero-order valence-corrected chi connectivity index (χ0v) is 10.8. The zero-order valence-electron chi connectivity index (χ0n) is 10.8. The standard InChI is InChI=1S/C13H13NO6/c1-2-19-13(16)4-3-7-20-12-6-5-11(14(17)18)8-10(12)9-15/h3-6,8-9H,2,7H2,1H3/b4-3+. The number of nitro benzene ring substituents is 1. The second kappa shape index (κ2) is 7.67. The number of carbonyl (C=O) groups excluding carboxylic acids is 2. The van der Waals surface area contributed by atoms with Crippen LogP contribution in [0.2, 0.25) is 0 Å². The van der Waals surface area contributed by atoms with Gasteiger partial charge in [0.2, 0.25) is 0 Å². The summed E-state index contributed by atoms with van der Waals surface area (Å²) in [6.07, 6.45) is 3.10. The number of hydrogen-bond donors (Lipinski definition) is 0. The number of non-ortho nitro benzene ring substituents is 1. The lowest BCUT2D eigenvalue weighted by Gasteiger charge is -2.05. The molecule has 1 aromatic carbocycles. The Morgan fingerprint density at radius 1 is 1.45 bits per heavy atom. The number of nitrogens with zero attached hydrogens (tertiary/aromatic N) is 1. The highest BCUT2D eigenvalue weighted by Gasteiger charge is 2.10. The molecule has 0 fully saturated rings. The van der Waals surface area contributed by atoms with Gasteiger partial charge < -0.3 is 9.47 Å². The number of esters is 1. The van der Waals surface area contributed by atoms with Gasteiger partial charge in [0, 0.05) is 18.2 Å². The van der Waals surface area contributed by atoms with Crippen LogP contribution in [0.1, 0.15) is 17.3 Å². The Bertz CT molecular complexity index is 538. The lowest BCUT2D eigenvalue weighted by atomic mass is 10.2. The Balaban J connectivity index is 2.66. The number of hydrogen-bond acceptors (Lipinski definition) is 6. The van der Waals surface area contributed by atoms with Crippen LogP contribution in [-0.4, -0.2) is 30.4 Å². The first-order valence-electron chi connectivity index (χ1n) is 5.78. The van der Waals surface area contributed by atoms with Crippen molar-refractivity contribution in [3.63, 3.8) is 0 Å². The van der Waals surface area contributed by atoms with Crippen LogP contribution in [0, 0.1) is 10.1 Å². The fourth-order valence-electron chi connectivity index (χ4n) is 1.35. The lowest BCUT2D eigenvalue weighted by molar-refractivity contribution is -0.384. The van der Waals surface area contributed by atoms with Gasteiger partial charge in [-0.2, -0.15) is 0 Å². The summed E-state index contributed by atoms with van der Waals surface area (Å²) in [4.78, 5) is 31.8. The second-order valence-corrected chi connectivity index (χ2v) is 3.56. The fraction of sp³-hybridized carbons (Fsp3) is 0.231. The fourth-order valence-corrected chi connectivity index (χ4v) is 1.35. The van der Waals surface area contributed by atoms with Crippen molar-refractivity contribution in [1.82, 2.24) is 0 Å². The third kappa shape index (κ3) is 4.52. The molecule has 1 rings (SSSR count). The first kappa shape index (κ1) is 15.4. The molecule has 0 unspecified atom stereocenters. The van der Waals surface area contributed by atoms with Crippen LogP contribution in [0.3, 0.4) is 0 Å². The molecule has 7 heteroatoms. The van der Waals surface area contributed by atoms with E-state index in [-0.39, 0.29) is 30.2 Å². The molecule has 106 valence electrons. The van der Waals surface area contributed by atoms with E-state index in [1.165, 1.54) is 24.3 Å². The normalized spacial score (nSPS) is 10.2. The van der Waals surface area contributed by atoms with Crippen molar-refractivity contribution in [3.05, 3.63) is 46.0 Å². The summed E-state index contributed by atoms with van der Waals surface area (Å²) in [5.74, 6) is -0.283. The van der Waals surface area contributed by atoms with Gasteiger partial charge >= 0.3 is 5.97 Å². The van der Waals surface area contributed by atoms with Crippen LogP contribution < -0.4 is 4.74 Å². The molecule has 0 heterocycles. The molecule has 0 N–H and O–H groups in total. The van der Waals surface area contributed by atoms with Gasteiger partial charge in [0.1, 0.15) is 12.4 Å². The summed E-state index contributed by atoms with van der Waals surface area (Å²) < 4.78 is 9.91. The van der Waals surface area contributed by atoms with Crippen molar-refractivity contribution < 1.29 is 24.0 Å². The molecule has 0 aromatic heterocycles. The van der Waals surface area contributed by atoms with Gasteiger partial charge in [-0.15, -0.1) is 0 Å². The summed E-state index contributed by atoms with van der Waals surface area (Å²) >= 11 is 0. The first-order valence-corrected chi connectivity index (χ1v) is 5.78. The molecule has 0 radical (unpaired) electrons. The molecule has 7 nitrogen and oxygen atoms in total. The van der Waals surface area contributed by atoms with E-state index < -0.39 is 10.9 Å². The summed E-state index contributed by atoms with van der Waals surface area (Å²) in [7, 11) is 0. The highest BCUT2D eigenvalue weighted by molar-refractivity contribution is 5.82. The minimum atomic E-state index is -0.600. The number of carbonyl (C=O) groups is 2. The molecule has 0 atom stereocenters.